The van der Waals surface area contributed by atoms with Crippen molar-refractivity contribution in [3.63, 3.8) is 0 Å². The predicted octanol–water partition coefficient (Wildman–Crippen LogP) is 1.63. The van der Waals surface area contributed by atoms with Gasteiger partial charge in [0.1, 0.15) is 0 Å². The number of ether oxygens (including phenoxy) is 1. The van der Waals surface area contributed by atoms with Gasteiger partial charge in [-0.25, -0.2) is 0 Å². The van der Waals surface area contributed by atoms with Crippen molar-refractivity contribution in [1.29, 1.82) is 0 Å². The van der Waals surface area contributed by atoms with Crippen molar-refractivity contribution < 1.29 is 4.74 Å². The number of nitrogens with zero attached hydrogens (tertiary/aromatic N) is 3. The van der Waals surface area contributed by atoms with E-state index in [9.17, 15) is 0 Å². The smallest absolute Gasteiger partial charge is 0.191 e. The van der Waals surface area contributed by atoms with Gasteiger partial charge in [-0.05, 0) is 24.1 Å². The Bertz CT molecular complexity index is 595. The monoisotopic (exact) mass is 315 g/mol. The van der Waals surface area contributed by atoms with Gasteiger partial charge in [0, 0.05) is 39.1 Å². The van der Waals surface area contributed by atoms with Crippen molar-refractivity contribution in [1.82, 2.24) is 20.4 Å². The quantitative estimate of drug-likeness (QED) is 0.441. The lowest BCUT2D eigenvalue weighted by Crippen LogP contribution is -2.38. The molecule has 2 rings (SSSR count). The lowest BCUT2D eigenvalue weighted by Gasteiger charge is -2.12. The van der Waals surface area contributed by atoms with Gasteiger partial charge >= 0.3 is 0 Å². The zero-order valence-corrected chi connectivity index (χ0v) is 13.8. The van der Waals surface area contributed by atoms with Gasteiger partial charge in [-0.1, -0.05) is 24.3 Å². The molecule has 0 saturated heterocycles. The van der Waals surface area contributed by atoms with Gasteiger partial charge in [0.2, 0.25) is 0 Å². The molecule has 23 heavy (non-hydrogen) atoms. The minimum absolute atomic E-state index is 0.677. The average Bonchev–Trinajstić information content (AvgIpc) is 3.07. The summed E-state index contributed by atoms with van der Waals surface area (Å²) in [6.45, 7) is 5.65. The highest BCUT2D eigenvalue weighted by Crippen LogP contribution is 2.06. The first-order valence-electron chi connectivity index (χ1n) is 7.89. The van der Waals surface area contributed by atoms with Crippen molar-refractivity contribution >= 4 is 5.96 Å². The fraction of sp³-hybridized carbons (Fsp3) is 0.412. The summed E-state index contributed by atoms with van der Waals surface area (Å²) in [6.07, 6.45) is 3.76. The maximum Gasteiger partial charge on any atom is 0.191 e. The topological polar surface area (TPSA) is 63.5 Å². The average molecular weight is 315 g/mol. The normalized spacial score (nSPS) is 11.5. The van der Waals surface area contributed by atoms with Crippen molar-refractivity contribution in [3.05, 3.63) is 53.9 Å². The molecule has 0 unspecified atom stereocenters. The summed E-state index contributed by atoms with van der Waals surface area (Å²) >= 11 is 0. The zero-order valence-electron chi connectivity index (χ0n) is 13.8. The van der Waals surface area contributed by atoms with E-state index in [4.69, 9.17) is 4.74 Å². The van der Waals surface area contributed by atoms with Gasteiger partial charge in [0.15, 0.2) is 5.96 Å². The van der Waals surface area contributed by atoms with Crippen LogP contribution >= 0.6 is 0 Å². The lowest BCUT2D eigenvalue weighted by atomic mass is 10.1. The Hall–Kier alpha value is -2.34. The summed E-state index contributed by atoms with van der Waals surface area (Å²) < 4.78 is 7.22. The minimum Gasteiger partial charge on any atom is -0.380 e. The van der Waals surface area contributed by atoms with Crippen molar-refractivity contribution in [2.75, 3.05) is 26.8 Å². The summed E-state index contributed by atoms with van der Waals surface area (Å²) in [7, 11) is 1.77. The Morgan fingerprint density at radius 2 is 2.13 bits per heavy atom. The number of aromatic nitrogens is 2. The van der Waals surface area contributed by atoms with Crippen LogP contribution in [0.25, 0.3) is 0 Å². The first-order valence-corrected chi connectivity index (χ1v) is 7.89. The molecule has 0 aliphatic heterocycles. The lowest BCUT2D eigenvalue weighted by molar-refractivity contribution is 0.152. The highest BCUT2D eigenvalue weighted by molar-refractivity contribution is 5.79. The number of nitrogens with one attached hydrogen (secondary N) is 2. The van der Waals surface area contributed by atoms with E-state index in [-0.39, 0.29) is 0 Å². The molecule has 1 aromatic carbocycles. The standard InChI is InChI=1S/C17H25N5O/c1-3-23-11-9-19-17(18-2)20-13-15-6-4-7-16(12-15)14-22-10-5-8-21-22/h4-8,10,12H,3,9,11,13-14H2,1-2H3,(H2,18,19,20). The van der Waals surface area contributed by atoms with Gasteiger partial charge in [0.25, 0.3) is 0 Å². The van der Waals surface area contributed by atoms with E-state index >= 15 is 0 Å². The van der Waals surface area contributed by atoms with Crippen LogP contribution in [0, 0.1) is 0 Å². The van der Waals surface area contributed by atoms with Crippen LogP contribution in [-0.2, 0) is 17.8 Å². The van der Waals surface area contributed by atoms with Crippen molar-refractivity contribution in [3.8, 4) is 0 Å². The van der Waals surface area contributed by atoms with Gasteiger partial charge in [-0.2, -0.15) is 5.10 Å². The second kappa shape index (κ2) is 9.63. The molecular formula is C17H25N5O. The van der Waals surface area contributed by atoms with E-state index < -0.39 is 0 Å². The Kier molecular flexibility index (Phi) is 7.13. The maximum atomic E-state index is 5.30. The molecule has 0 radical (unpaired) electrons. The molecule has 124 valence electrons. The van der Waals surface area contributed by atoms with Crippen LogP contribution in [-0.4, -0.2) is 42.5 Å². The highest BCUT2D eigenvalue weighted by atomic mass is 16.5. The number of benzene rings is 1. The number of rotatable bonds is 8. The van der Waals surface area contributed by atoms with E-state index in [1.807, 2.05) is 23.9 Å². The Balaban J connectivity index is 1.82. The second-order valence-corrected chi connectivity index (χ2v) is 5.07. The third-order valence-electron chi connectivity index (χ3n) is 3.32. The van der Waals surface area contributed by atoms with Crippen LogP contribution < -0.4 is 10.6 Å². The molecule has 0 saturated carbocycles. The molecule has 1 aromatic heterocycles. The number of hydrogen-bond acceptors (Lipinski definition) is 3. The molecule has 0 bridgehead atoms. The zero-order chi connectivity index (χ0) is 16.3. The van der Waals surface area contributed by atoms with E-state index in [0.717, 1.165) is 32.2 Å². The summed E-state index contributed by atoms with van der Waals surface area (Å²) in [5.74, 6) is 0.780. The first-order chi connectivity index (χ1) is 11.3. The maximum absolute atomic E-state index is 5.30. The van der Waals surface area contributed by atoms with E-state index in [1.54, 1.807) is 13.2 Å². The molecule has 6 nitrogen and oxygen atoms in total. The van der Waals surface area contributed by atoms with Gasteiger partial charge in [-0.3, -0.25) is 9.67 Å². The molecule has 0 atom stereocenters. The number of guanidine groups is 1. The van der Waals surface area contributed by atoms with Crippen LogP contribution in [0.3, 0.4) is 0 Å². The molecule has 0 fully saturated rings. The fourth-order valence-corrected chi connectivity index (χ4v) is 2.21. The SMILES string of the molecule is CCOCCNC(=NC)NCc1cccc(Cn2cccn2)c1. The molecule has 0 aliphatic carbocycles. The van der Waals surface area contributed by atoms with Crippen LogP contribution in [0.15, 0.2) is 47.7 Å². The predicted molar refractivity (Wildman–Crippen MR) is 92.5 cm³/mol. The summed E-state index contributed by atoms with van der Waals surface area (Å²) in [4.78, 5) is 4.21. The van der Waals surface area contributed by atoms with E-state index in [0.29, 0.717) is 6.61 Å². The second-order valence-electron chi connectivity index (χ2n) is 5.07. The minimum atomic E-state index is 0.677. The van der Waals surface area contributed by atoms with Crippen LogP contribution in [0.4, 0.5) is 0 Å². The van der Waals surface area contributed by atoms with Crippen molar-refractivity contribution in [2.24, 2.45) is 4.99 Å². The third kappa shape index (κ3) is 6.12. The summed E-state index contributed by atoms with van der Waals surface area (Å²) in [6, 6.07) is 10.4. The molecule has 0 aliphatic rings. The van der Waals surface area contributed by atoms with Crippen LogP contribution in [0.2, 0.25) is 0 Å². The molecule has 1 heterocycles. The van der Waals surface area contributed by atoms with E-state index in [2.05, 4.69) is 45.0 Å². The highest BCUT2D eigenvalue weighted by Gasteiger charge is 2.00. The third-order valence-corrected chi connectivity index (χ3v) is 3.32. The Morgan fingerprint density at radius 3 is 2.87 bits per heavy atom. The van der Waals surface area contributed by atoms with Crippen LogP contribution in [0.1, 0.15) is 18.1 Å². The summed E-state index contributed by atoms with van der Waals surface area (Å²) in [5, 5.41) is 10.8. The Labute approximate surface area is 137 Å². The Morgan fingerprint density at radius 1 is 1.26 bits per heavy atom. The number of hydrogen-bond donors (Lipinski definition) is 2. The summed E-state index contributed by atoms with van der Waals surface area (Å²) in [5.41, 5.74) is 2.44. The largest absolute Gasteiger partial charge is 0.380 e. The van der Waals surface area contributed by atoms with Gasteiger partial charge < -0.3 is 15.4 Å². The molecular weight excluding hydrogens is 290 g/mol. The fourth-order valence-electron chi connectivity index (χ4n) is 2.21. The molecule has 6 heteroatoms. The number of aliphatic imine (C=N–C) groups is 1. The first kappa shape index (κ1) is 17.0. The van der Waals surface area contributed by atoms with Gasteiger partial charge in [0.05, 0.1) is 13.2 Å². The van der Waals surface area contributed by atoms with Crippen molar-refractivity contribution in [2.45, 2.75) is 20.0 Å². The van der Waals surface area contributed by atoms with Crippen LogP contribution in [0.5, 0.6) is 0 Å². The molecule has 2 N–H and O–H groups in total. The van der Waals surface area contributed by atoms with Gasteiger partial charge in [-0.15, -0.1) is 0 Å². The molecule has 0 amide bonds. The van der Waals surface area contributed by atoms with E-state index in [1.165, 1.54) is 11.1 Å². The molecule has 0 spiro atoms. The molecule has 2 aromatic rings.